The SMILES string of the molecule is O=C(NC1CCN(Cc2ccccc2)CC1)C1CCCN(C(=O)CCOc2ccccc2)C1. The molecule has 0 aromatic heterocycles. The molecule has 4 rings (SSSR count). The fourth-order valence-electron chi connectivity index (χ4n) is 4.74. The van der Waals surface area contributed by atoms with Crippen LogP contribution in [0.25, 0.3) is 0 Å². The number of ether oxygens (including phenoxy) is 1. The Kier molecular flexibility index (Phi) is 8.36. The van der Waals surface area contributed by atoms with Gasteiger partial charge in [-0.2, -0.15) is 0 Å². The summed E-state index contributed by atoms with van der Waals surface area (Å²) in [5.74, 6) is 0.836. The molecule has 33 heavy (non-hydrogen) atoms. The molecule has 0 bridgehead atoms. The summed E-state index contributed by atoms with van der Waals surface area (Å²) in [6.07, 6.45) is 4.01. The number of amides is 2. The van der Waals surface area contributed by atoms with Crippen molar-refractivity contribution >= 4 is 11.8 Å². The first-order chi connectivity index (χ1) is 16.2. The molecule has 2 aromatic carbocycles. The van der Waals surface area contributed by atoms with E-state index in [0.717, 1.165) is 57.6 Å². The molecule has 2 heterocycles. The Hall–Kier alpha value is -2.86. The molecule has 2 amide bonds. The van der Waals surface area contributed by atoms with Gasteiger partial charge in [-0.3, -0.25) is 14.5 Å². The normalized spacial score (nSPS) is 19.8. The van der Waals surface area contributed by atoms with E-state index in [1.165, 1.54) is 5.56 Å². The highest BCUT2D eigenvalue weighted by molar-refractivity contribution is 5.81. The molecule has 0 aliphatic carbocycles. The molecule has 2 saturated heterocycles. The topological polar surface area (TPSA) is 61.9 Å². The summed E-state index contributed by atoms with van der Waals surface area (Å²) >= 11 is 0. The fraction of sp³-hybridized carbons (Fsp3) is 0.481. The summed E-state index contributed by atoms with van der Waals surface area (Å²) in [6.45, 7) is 4.56. The molecule has 1 atom stereocenters. The fourth-order valence-corrected chi connectivity index (χ4v) is 4.74. The maximum absolute atomic E-state index is 12.9. The zero-order chi connectivity index (χ0) is 22.9. The van der Waals surface area contributed by atoms with Crippen LogP contribution < -0.4 is 10.1 Å². The number of carbonyl (C=O) groups excluding carboxylic acids is 2. The standard InChI is InChI=1S/C27H35N3O3/c31-26(15-19-33-25-11-5-2-6-12-25)30-16-7-10-23(21-30)27(32)28-24-13-17-29(18-14-24)20-22-8-3-1-4-9-22/h1-6,8-9,11-12,23-24H,7,10,13-21H2,(H,28,32). The van der Waals surface area contributed by atoms with Crippen molar-refractivity contribution in [3.8, 4) is 5.75 Å². The van der Waals surface area contributed by atoms with E-state index in [0.29, 0.717) is 19.6 Å². The van der Waals surface area contributed by atoms with Crippen LogP contribution >= 0.6 is 0 Å². The average molecular weight is 450 g/mol. The van der Waals surface area contributed by atoms with E-state index in [4.69, 9.17) is 4.74 Å². The molecule has 0 saturated carbocycles. The lowest BCUT2D eigenvalue weighted by molar-refractivity contribution is -0.136. The summed E-state index contributed by atoms with van der Waals surface area (Å²) in [7, 11) is 0. The molecule has 1 unspecified atom stereocenters. The number of benzene rings is 2. The van der Waals surface area contributed by atoms with E-state index >= 15 is 0 Å². The monoisotopic (exact) mass is 449 g/mol. The van der Waals surface area contributed by atoms with Crippen LogP contribution in [0, 0.1) is 5.92 Å². The Bertz CT molecular complexity index is 882. The van der Waals surface area contributed by atoms with Crippen molar-refractivity contribution in [2.24, 2.45) is 5.92 Å². The molecule has 6 heteroatoms. The van der Waals surface area contributed by atoms with Crippen molar-refractivity contribution in [3.05, 3.63) is 66.2 Å². The number of carbonyl (C=O) groups is 2. The van der Waals surface area contributed by atoms with Gasteiger partial charge in [-0.15, -0.1) is 0 Å². The second-order valence-corrected chi connectivity index (χ2v) is 9.14. The minimum absolute atomic E-state index is 0.0673. The van der Waals surface area contributed by atoms with Crippen LogP contribution in [0.3, 0.4) is 0 Å². The van der Waals surface area contributed by atoms with E-state index in [2.05, 4.69) is 34.5 Å². The van der Waals surface area contributed by atoms with Gasteiger partial charge < -0.3 is 15.0 Å². The number of piperidine rings is 2. The molecule has 2 aliphatic rings. The number of para-hydroxylation sites is 1. The zero-order valence-corrected chi connectivity index (χ0v) is 19.3. The molecule has 2 aromatic rings. The first-order valence-corrected chi connectivity index (χ1v) is 12.2. The molecule has 2 aliphatic heterocycles. The Morgan fingerprint density at radius 1 is 0.909 bits per heavy atom. The second-order valence-electron chi connectivity index (χ2n) is 9.14. The van der Waals surface area contributed by atoms with Crippen LogP contribution in [0.4, 0.5) is 0 Å². The van der Waals surface area contributed by atoms with Gasteiger partial charge in [-0.1, -0.05) is 48.5 Å². The van der Waals surface area contributed by atoms with E-state index in [1.807, 2.05) is 41.3 Å². The van der Waals surface area contributed by atoms with Crippen LogP contribution in [-0.4, -0.2) is 60.4 Å². The molecule has 0 radical (unpaired) electrons. The summed E-state index contributed by atoms with van der Waals surface area (Å²) < 4.78 is 5.66. The van der Waals surface area contributed by atoms with Crippen molar-refractivity contribution in [2.75, 3.05) is 32.8 Å². The summed E-state index contributed by atoms with van der Waals surface area (Å²) in [5.41, 5.74) is 1.33. The van der Waals surface area contributed by atoms with Gasteiger partial charge in [-0.05, 0) is 43.4 Å². The number of rotatable bonds is 8. The van der Waals surface area contributed by atoms with Gasteiger partial charge in [0.25, 0.3) is 0 Å². The molecule has 0 spiro atoms. The molecule has 176 valence electrons. The largest absolute Gasteiger partial charge is 0.493 e. The lowest BCUT2D eigenvalue weighted by Crippen LogP contribution is -2.50. The third-order valence-electron chi connectivity index (χ3n) is 6.66. The Morgan fingerprint density at radius 2 is 1.61 bits per heavy atom. The average Bonchev–Trinajstić information content (AvgIpc) is 2.86. The van der Waals surface area contributed by atoms with E-state index in [-0.39, 0.29) is 23.8 Å². The summed E-state index contributed by atoms with van der Waals surface area (Å²) in [4.78, 5) is 29.9. The van der Waals surface area contributed by atoms with E-state index < -0.39 is 0 Å². The molecule has 1 N–H and O–H groups in total. The lowest BCUT2D eigenvalue weighted by atomic mass is 9.95. The summed E-state index contributed by atoms with van der Waals surface area (Å²) in [6, 6.07) is 20.3. The van der Waals surface area contributed by atoms with Gasteiger partial charge in [0.15, 0.2) is 0 Å². The zero-order valence-electron chi connectivity index (χ0n) is 19.3. The van der Waals surface area contributed by atoms with Gasteiger partial charge in [-0.25, -0.2) is 0 Å². The van der Waals surface area contributed by atoms with Crippen molar-refractivity contribution < 1.29 is 14.3 Å². The van der Waals surface area contributed by atoms with E-state index in [1.54, 1.807) is 0 Å². The molecule has 6 nitrogen and oxygen atoms in total. The highest BCUT2D eigenvalue weighted by Gasteiger charge is 2.30. The second kappa shape index (κ2) is 11.8. The molecular formula is C27H35N3O3. The highest BCUT2D eigenvalue weighted by atomic mass is 16.5. The first kappa shape index (κ1) is 23.3. The Balaban J connectivity index is 1.17. The minimum Gasteiger partial charge on any atom is -0.493 e. The molecule has 2 fully saturated rings. The number of nitrogens with zero attached hydrogens (tertiary/aromatic N) is 2. The van der Waals surface area contributed by atoms with Gasteiger partial charge in [0.2, 0.25) is 11.8 Å². The number of hydrogen-bond donors (Lipinski definition) is 1. The van der Waals surface area contributed by atoms with Crippen molar-refractivity contribution in [2.45, 2.75) is 44.7 Å². The number of hydrogen-bond acceptors (Lipinski definition) is 4. The number of nitrogens with one attached hydrogen (secondary N) is 1. The Morgan fingerprint density at radius 3 is 2.33 bits per heavy atom. The maximum atomic E-state index is 12.9. The highest BCUT2D eigenvalue weighted by Crippen LogP contribution is 2.20. The smallest absolute Gasteiger partial charge is 0.226 e. The first-order valence-electron chi connectivity index (χ1n) is 12.2. The van der Waals surface area contributed by atoms with Crippen LogP contribution in [0.1, 0.15) is 37.7 Å². The Labute approximate surface area is 196 Å². The van der Waals surface area contributed by atoms with Gasteiger partial charge >= 0.3 is 0 Å². The predicted molar refractivity (Wildman–Crippen MR) is 129 cm³/mol. The van der Waals surface area contributed by atoms with Crippen LogP contribution in [-0.2, 0) is 16.1 Å². The maximum Gasteiger partial charge on any atom is 0.226 e. The van der Waals surface area contributed by atoms with Crippen molar-refractivity contribution in [1.82, 2.24) is 15.1 Å². The third kappa shape index (κ3) is 7.06. The van der Waals surface area contributed by atoms with Gasteiger partial charge in [0.05, 0.1) is 18.9 Å². The summed E-state index contributed by atoms with van der Waals surface area (Å²) in [5, 5.41) is 3.27. The van der Waals surface area contributed by atoms with E-state index in [9.17, 15) is 9.59 Å². The van der Waals surface area contributed by atoms with Crippen LogP contribution in [0.15, 0.2) is 60.7 Å². The van der Waals surface area contributed by atoms with Crippen LogP contribution in [0.5, 0.6) is 5.75 Å². The molecular weight excluding hydrogens is 414 g/mol. The minimum atomic E-state index is -0.111. The predicted octanol–water partition coefficient (Wildman–Crippen LogP) is 3.47. The van der Waals surface area contributed by atoms with Gasteiger partial charge in [0.1, 0.15) is 5.75 Å². The quantitative estimate of drug-likeness (QED) is 0.670. The third-order valence-corrected chi connectivity index (χ3v) is 6.66. The van der Waals surface area contributed by atoms with Crippen molar-refractivity contribution in [3.63, 3.8) is 0 Å². The van der Waals surface area contributed by atoms with Crippen LogP contribution in [0.2, 0.25) is 0 Å². The lowest BCUT2D eigenvalue weighted by Gasteiger charge is -2.35. The van der Waals surface area contributed by atoms with Gasteiger partial charge in [0, 0.05) is 38.8 Å². The van der Waals surface area contributed by atoms with Crippen molar-refractivity contribution in [1.29, 1.82) is 0 Å². The number of likely N-dealkylation sites (tertiary alicyclic amines) is 2.